The Morgan fingerprint density at radius 2 is 1.90 bits per heavy atom. The summed E-state index contributed by atoms with van der Waals surface area (Å²) < 4.78 is 1.41. The summed E-state index contributed by atoms with van der Waals surface area (Å²) in [5.74, 6) is 0. The minimum Gasteiger partial charge on any atom is -0.300 e. The normalized spacial score (nSPS) is 10.4. The second-order valence-corrected chi connectivity index (χ2v) is 4.44. The van der Waals surface area contributed by atoms with Gasteiger partial charge in [0, 0.05) is 30.4 Å². The molecule has 0 aliphatic rings. The maximum Gasteiger partial charge on any atom is 0.328 e. The molecule has 0 aliphatic carbocycles. The van der Waals surface area contributed by atoms with Crippen molar-refractivity contribution in [2.24, 2.45) is 0 Å². The van der Waals surface area contributed by atoms with Gasteiger partial charge in [-0.2, -0.15) is 0 Å². The van der Waals surface area contributed by atoms with Crippen LogP contribution in [0.15, 0.2) is 40.1 Å². The first kappa shape index (κ1) is 13.7. The highest BCUT2D eigenvalue weighted by Gasteiger charge is 2.05. The first-order valence-electron chi connectivity index (χ1n) is 6.01. The Hall–Kier alpha value is -2.70. The van der Waals surface area contributed by atoms with Crippen LogP contribution in [-0.2, 0) is 13.0 Å². The number of non-ortho nitro benzene ring substituents is 1. The number of nitrogens with zero attached hydrogens (tertiary/aromatic N) is 2. The fourth-order valence-electron chi connectivity index (χ4n) is 1.82. The van der Waals surface area contributed by atoms with E-state index in [1.807, 2.05) is 0 Å². The Balaban J connectivity index is 2.13. The molecule has 1 heterocycles. The zero-order valence-electron chi connectivity index (χ0n) is 10.8. The van der Waals surface area contributed by atoms with Gasteiger partial charge < -0.3 is 0 Å². The van der Waals surface area contributed by atoms with E-state index in [0.717, 1.165) is 5.56 Å². The lowest BCUT2D eigenvalue weighted by atomic mass is 10.1. The predicted molar refractivity (Wildman–Crippen MR) is 72.9 cm³/mol. The van der Waals surface area contributed by atoms with Gasteiger partial charge in [0.15, 0.2) is 0 Å². The Kier molecular flexibility index (Phi) is 3.79. The average Bonchev–Trinajstić information content (AvgIpc) is 2.42. The largest absolute Gasteiger partial charge is 0.328 e. The van der Waals surface area contributed by atoms with E-state index < -0.39 is 10.6 Å². The highest BCUT2D eigenvalue weighted by molar-refractivity contribution is 5.32. The van der Waals surface area contributed by atoms with Gasteiger partial charge in [0.05, 0.1) is 4.92 Å². The van der Waals surface area contributed by atoms with Crippen molar-refractivity contribution in [3.63, 3.8) is 0 Å². The highest BCUT2D eigenvalue weighted by Crippen LogP contribution is 2.12. The zero-order valence-corrected chi connectivity index (χ0v) is 10.8. The molecule has 0 unspecified atom stereocenters. The van der Waals surface area contributed by atoms with Crippen LogP contribution in [0.5, 0.6) is 0 Å². The van der Waals surface area contributed by atoms with Crippen molar-refractivity contribution in [3.8, 4) is 0 Å². The number of hydrogen-bond donors (Lipinski definition) is 1. The summed E-state index contributed by atoms with van der Waals surface area (Å²) in [5.41, 5.74) is 0.537. The van der Waals surface area contributed by atoms with Crippen LogP contribution in [0, 0.1) is 17.0 Å². The van der Waals surface area contributed by atoms with Crippen molar-refractivity contribution in [2.75, 3.05) is 0 Å². The average molecular weight is 275 g/mol. The number of aromatic nitrogens is 2. The molecule has 0 radical (unpaired) electrons. The van der Waals surface area contributed by atoms with Crippen LogP contribution in [0.2, 0.25) is 0 Å². The molecule has 2 aromatic rings. The Bertz CT molecular complexity index is 743. The number of rotatable bonds is 4. The molecule has 0 atom stereocenters. The van der Waals surface area contributed by atoms with E-state index in [0.29, 0.717) is 18.5 Å². The molecule has 0 spiro atoms. The Labute approximate surface area is 113 Å². The number of aromatic amines is 1. The minimum atomic E-state index is -0.459. The summed E-state index contributed by atoms with van der Waals surface area (Å²) >= 11 is 0. The van der Waals surface area contributed by atoms with Crippen LogP contribution in [0.3, 0.4) is 0 Å². The van der Waals surface area contributed by atoms with Crippen molar-refractivity contribution in [1.29, 1.82) is 0 Å². The molecule has 0 saturated carbocycles. The monoisotopic (exact) mass is 275 g/mol. The summed E-state index contributed by atoms with van der Waals surface area (Å²) in [4.78, 5) is 35.1. The quantitative estimate of drug-likeness (QED) is 0.664. The van der Waals surface area contributed by atoms with E-state index in [2.05, 4.69) is 4.98 Å². The Morgan fingerprint density at radius 3 is 2.50 bits per heavy atom. The standard InChI is InChI=1S/C13H13N3O4/c1-9-8-15(13(18)14-12(9)17)7-6-10-2-4-11(5-3-10)16(19)20/h2-5,8H,6-7H2,1H3,(H,14,17,18). The summed E-state index contributed by atoms with van der Waals surface area (Å²) in [6.45, 7) is 2.02. The van der Waals surface area contributed by atoms with Gasteiger partial charge in [0.25, 0.3) is 11.2 Å². The molecule has 2 rings (SSSR count). The zero-order chi connectivity index (χ0) is 14.7. The number of hydrogen-bond acceptors (Lipinski definition) is 4. The third kappa shape index (κ3) is 3.00. The van der Waals surface area contributed by atoms with Crippen LogP contribution in [0.4, 0.5) is 5.69 Å². The fraction of sp³-hybridized carbons (Fsp3) is 0.231. The molecule has 1 N–H and O–H groups in total. The molecule has 20 heavy (non-hydrogen) atoms. The SMILES string of the molecule is Cc1cn(CCc2ccc([N+](=O)[O-])cc2)c(=O)[nH]c1=O. The molecule has 1 aromatic carbocycles. The van der Waals surface area contributed by atoms with Crippen molar-refractivity contribution in [2.45, 2.75) is 19.9 Å². The molecular weight excluding hydrogens is 262 g/mol. The number of nitrogens with one attached hydrogen (secondary N) is 1. The second kappa shape index (κ2) is 5.52. The summed E-state index contributed by atoms with van der Waals surface area (Å²) in [6.07, 6.45) is 2.05. The summed E-state index contributed by atoms with van der Waals surface area (Å²) in [5, 5.41) is 10.5. The van der Waals surface area contributed by atoms with Gasteiger partial charge >= 0.3 is 5.69 Å². The fourth-order valence-corrected chi connectivity index (χ4v) is 1.82. The van der Waals surface area contributed by atoms with Gasteiger partial charge in [-0.05, 0) is 18.9 Å². The molecule has 7 heteroatoms. The molecule has 0 fully saturated rings. The van der Waals surface area contributed by atoms with Gasteiger partial charge in [0.2, 0.25) is 0 Å². The minimum absolute atomic E-state index is 0.0332. The first-order valence-corrected chi connectivity index (χ1v) is 6.01. The van der Waals surface area contributed by atoms with Crippen LogP contribution in [-0.4, -0.2) is 14.5 Å². The number of nitro benzene ring substituents is 1. The third-order valence-electron chi connectivity index (χ3n) is 2.98. The highest BCUT2D eigenvalue weighted by atomic mass is 16.6. The lowest BCUT2D eigenvalue weighted by molar-refractivity contribution is -0.384. The lowest BCUT2D eigenvalue weighted by Crippen LogP contribution is -2.31. The van der Waals surface area contributed by atoms with Crippen LogP contribution >= 0.6 is 0 Å². The molecule has 0 amide bonds. The smallest absolute Gasteiger partial charge is 0.300 e. The van der Waals surface area contributed by atoms with E-state index in [4.69, 9.17) is 0 Å². The number of nitro groups is 1. The van der Waals surface area contributed by atoms with E-state index in [1.165, 1.54) is 22.9 Å². The van der Waals surface area contributed by atoms with Gasteiger partial charge in [-0.3, -0.25) is 24.5 Å². The first-order chi connectivity index (χ1) is 9.47. The van der Waals surface area contributed by atoms with Crippen LogP contribution in [0.25, 0.3) is 0 Å². The maximum atomic E-state index is 11.6. The molecule has 0 saturated heterocycles. The van der Waals surface area contributed by atoms with Crippen molar-refractivity contribution in [1.82, 2.24) is 9.55 Å². The topological polar surface area (TPSA) is 98.0 Å². The molecule has 1 aromatic heterocycles. The van der Waals surface area contributed by atoms with E-state index >= 15 is 0 Å². The van der Waals surface area contributed by atoms with Gasteiger partial charge in [-0.15, -0.1) is 0 Å². The number of aryl methyl sites for hydroxylation is 3. The van der Waals surface area contributed by atoms with Crippen LogP contribution in [0.1, 0.15) is 11.1 Å². The summed E-state index contributed by atoms with van der Waals surface area (Å²) in [7, 11) is 0. The molecule has 0 aliphatic heterocycles. The Morgan fingerprint density at radius 1 is 1.25 bits per heavy atom. The predicted octanol–water partition coefficient (Wildman–Crippen LogP) is 0.996. The number of H-pyrrole nitrogens is 1. The van der Waals surface area contributed by atoms with Crippen LogP contribution < -0.4 is 11.2 Å². The van der Waals surface area contributed by atoms with E-state index in [-0.39, 0.29) is 11.2 Å². The van der Waals surface area contributed by atoms with E-state index in [1.54, 1.807) is 19.1 Å². The van der Waals surface area contributed by atoms with E-state index in [9.17, 15) is 19.7 Å². The molecule has 7 nitrogen and oxygen atoms in total. The maximum absolute atomic E-state index is 11.6. The number of benzene rings is 1. The van der Waals surface area contributed by atoms with Crippen molar-refractivity contribution < 1.29 is 4.92 Å². The van der Waals surface area contributed by atoms with Gasteiger partial charge in [-0.25, -0.2) is 4.79 Å². The van der Waals surface area contributed by atoms with Gasteiger partial charge in [-0.1, -0.05) is 12.1 Å². The van der Waals surface area contributed by atoms with Gasteiger partial charge in [0.1, 0.15) is 0 Å². The second-order valence-electron chi connectivity index (χ2n) is 4.44. The van der Waals surface area contributed by atoms with Crippen molar-refractivity contribution >= 4 is 5.69 Å². The molecule has 0 bridgehead atoms. The molecule has 104 valence electrons. The summed E-state index contributed by atoms with van der Waals surface area (Å²) in [6, 6.07) is 6.16. The van der Waals surface area contributed by atoms with Crippen molar-refractivity contribution in [3.05, 3.63) is 72.5 Å². The molecular formula is C13H13N3O4. The third-order valence-corrected chi connectivity index (χ3v) is 2.98. The lowest BCUT2D eigenvalue weighted by Gasteiger charge is -2.06.